The van der Waals surface area contributed by atoms with E-state index >= 15 is 0 Å². The van der Waals surface area contributed by atoms with E-state index < -0.39 is 30.2 Å². The van der Waals surface area contributed by atoms with Gasteiger partial charge >= 0.3 is 12.1 Å². The molecular weight excluding hydrogens is 337 g/mol. The van der Waals surface area contributed by atoms with Crippen LogP contribution in [0.2, 0.25) is 5.02 Å². The number of rotatable bonds is 4. The largest absolute Gasteiger partial charge is 0.456 e. The van der Waals surface area contributed by atoms with Gasteiger partial charge < -0.3 is 10.1 Å². The Morgan fingerprint density at radius 1 is 1.30 bits per heavy atom. The summed E-state index contributed by atoms with van der Waals surface area (Å²) in [7, 11) is 0. The topological polar surface area (TPSA) is 68.3 Å². The summed E-state index contributed by atoms with van der Waals surface area (Å²) in [6.07, 6.45) is -3.91. The van der Waals surface area contributed by atoms with Crippen LogP contribution < -0.4 is 5.32 Å². The summed E-state index contributed by atoms with van der Waals surface area (Å²) >= 11 is 5.64. The first-order chi connectivity index (χ1) is 10.4. The Balaban J connectivity index is 2.60. The molecule has 0 aromatic carbocycles. The van der Waals surface area contributed by atoms with E-state index in [1.807, 2.05) is 20.8 Å². The second-order valence-electron chi connectivity index (χ2n) is 6.00. The van der Waals surface area contributed by atoms with Gasteiger partial charge in [0.25, 0.3) is 5.91 Å². The van der Waals surface area contributed by atoms with Crippen molar-refractivity contribution in [1.82, 2.24) is 4.98 Å². The van der Waals surface area contributed by atoms with Crippen molar-refractivity contribution in [3.05, 3.63) is 22.8 Å². The molecule has 0 aliphatic heterocycles. The zero-order chi connectivity index (χ0) is 17.8. The average molecular weight is 353 g/mol. The highest BCUT2D eigenvalue weighted by Gasteiger charge is 2.31. The molecule has 9 heteroatoms. The fourth-order valence-corrected chi connectivity index (χ4v) is 1.70. The Morgan fingerprint density at radius 2 is 1.91 bits per heavy atom. The number of nitrogens with zero attached hydrogens (tertiary/aromatic N) is 1. The number of hydrogen-bond acceptors (Lipinski definition) is 4. The lowest BCUT2D eigenvalue weighted by Gasteiger charge is -2.16. The number of nitrogens with one attached hydrogen (secondary N) is 1. The molecule has 0 atom stereocenters. The Hall–Kier alpha value is -1.83. The van der Waals surface area contributed by atoms with Gasteiger partial charge in [-0.25, -0.2) is 4.98 Å². The minimum atomic E-state index is -4.58. The summed E-state index contributed by atoms with van der Waals surface area (Å²) in [6.45, 7) is 4.93. The number of halogens is 4. The Labute approximate surface area is 136 Å². The molecule has 1 aromatic heterocycles. The summed E-state index contributed by atoms with van der Waals surface area (Å²) < 4.78 is 42.2. The maximum Gasteiger partial charge on any atom is 0.417 e. The molecule has 1 heterocycles. The Morgan fingerprint density at radius 3 is 2.39 bits per heavy atom. The van der Waals surface area contributed by atoms with Crippen LogP contribution in [-0.2, 0) is 20.5 Å². The summed E-state index contributed by atoms with van der Waals surface area (Å²) in [6, 6.07) is 0.649. The quantitative estimate of drug-likeness (QED) is 0.839. The average Bonchev–Trinajstić information content (AvgIpc) is 2.35. The lowest BCUT2D eigenvalue weighted by Crippen LogP contribution is -2.23. The van der Waals surface area contributed by atoms with Crippen molar-refractivity contribution in [2.24, 2.45) is 5.41 Å². The van der Waals surface area contributed by atoms with Crippen LogP contribution in [0.15, 0.2) is 12.3 Å². The van der Waals surface area contributed by atoms with Gasteiger partial charge in [-0.1, -0.05) is 32.4 Å². The Kier molecular flexibility index (Phi) is 5.98. The van der Waals surface area contributed by atoms with Crippen LogP contribution in [0.1, 0.15) is 32.8 Å². The first-order valence-electron chi connectivity index (χ1n) is 6.57. The number of aromatic nitrogens is 1. The monoisotopic (exact) mass is 352 g/mol. The summed E-state index contributed by atoms with van der Waals surface area (Å²) in [5.74, 6) is -1.54. The number of alkyl halides is 3. The number of hydrogen-bond donors (Lipinski definition) is 1. The fraction of sp³-hybridized carbons (Fsp3) is 0.500. The first kappa shape index (κ1) is 19.2. The number of carbonyl (C=O) groups excluding carboxylic acids is 2. The number of anilines is 1. The molecule has 23 heavy (non-hydrogen) atoms. The highest BCUT2D eigenvalue weighted by molar-refractivity contribution is 6.33. The molecule has 0 spiro atoms. The van der Waals surface area contributed by atoms with Crippen molar-refractivity contribution >= 4 is 29.3 Å². The van der Waals surface area contributed by atoms with Crippen LogP contribution >= 0.6 is 11.6 Å². The molecule has 0 radical (unpaired) electrons. The van der Waals surface area contributed by atoms with Gasteiger partial charge in [-0.15, -0.1) is 0 Å². The van der Waals surface area contributed by atoms with E-state index in [-0.39, 0.29) is 22.7 Å². The van der Waals surface area contributed by atoms with Gasteiger partial charge in [0.1, 0.15) is 0 Å². The Bertz CT molecular complexity index is 598. The SMILES string of the molecule is CC(C)(C)CC(=O)OCC(=O)Nc1ncc(C(F)(F)F)cc1Cl. The van der Waals surface area contributed by atoms with Crippen LogP contribution in [-0.4, -0.2) is 23.5 Å². The number of pyridine rings is 1. The second kappa shape index (κ2) is 7.16. The van der Waals surface area contributed by atoms with Crippen molar-refractivity contribution in [3.63, 3.8) is 0 Å². The van der Waals surface area contributed by atoms with Crippen molar-refractivity contribution in [1.29, 1.82) is 0 Å². The maximum atomic E-state index is 12.5. The fourth-order valence-electron chi connectivity index (χ4n) is 1.48. The number of ether oxygens (including phenoxy) is 1. The molecule has 1 rings (SSSR count). The highest BCUT2D eigenvalue weighted by atomic mass is 35.5. The van der Waals surface area contributed by atoms with Crippen molar-refractivity contribution in [2.45, 2.75) is 33.4 Å². The minimum Gasteiger partial charge on any atom is -0.456 e. The van der Waals surface area contributed by atoms with E-state index in [2.05, 4.69) is 10.3 Å². The third-order valence-electron chi connectivity index (χ3n) is 2.47. The molecule has 1 aromatic rings. The van der Waals surface area contributed by atoms with Gasteiger partial charge in [-0.05, 0) is 11.5 Å². The van der Waals surface area contributed by atoms with E-state index in [0.717, 1.165) is 0 Å². The zero-order valence-corrected chi connectivity index (χ0v) is 13.5. The molecule has 0 fully saturated rings. The highest BCUT2D eigenvalue weighted by Crippen LogP contribution is 2.32. The maximum absolute atomic E-state index is 12.5. The predicted octanol–water partition coefficient (Wildman–Crippen LogP) is 3.67. The van der Waals surface area contributed by atoms with E-state index in [0.29, 0.717) is 12.3 Å². The van der Waals surface area contributed by atoms with E-state index in [4.69, 9.17) is 16.3 Å². The lowest BCUT2D eigenvalue weighted by molar-refractivity contribution is -0.149. The molecule has 0 saturated carbocycles. The summed E-state index contributed by atoms with van der Waals surface area (Å²) in [4.78, 5) is 26.5. The van der Waals surface area contributed by atoms with Gasteiger partial charge in [0, 0.05) is 6.20 Å². The molecule has 1 N–H and O–H groups in total. The van der Waals surface area contributed by atoms with Crippen molar-refractivity contribution in [2.75, 3.05) is 11.9 Å². The van der Waals surface area contributed by atoms with Crippen LogP contribution in [0.3, 0.4) is 0 Å². The van der Waals surface area contributed by atoms with Gasteiger partial charge in [0.15, 0.2) is 12.4 Å². The van der Waals surface area contributed by atoms with Crippen molar-refractivity contribution < 1.29 is 27.5 Å². The minimum absolute atomic E-state index is 0.125. The predicted molar refractivity (Wildman–Crippen MR) is 77.9 cm³/mol. The number of esters is 1. The smallest absolute Gasteiger partial charge is 0.417 e. The third kappa shape index (κ3) is 6.85. The van der Waals surface area contributed by atoms with Crippen molar-refractivity contribution in [3.8, 4) is 0 Å². The molecule has 0 unspecified atom stereocenters. The second-order valence-corrected chi connectivity index (χ2v) is 6.41. The van der Waals surface area contributed by atoms with Crippen LogP contribution in [0.4, 0.5) is 19.0 Å². The standard InChI is InChI=1S/C14H16ClF3N2O3/c1-13(2,3)5-11(22)23-7-10(21)20-12-9(15)4-8(6-19-12)14(16,17)18/h4,6H,5,7H2,1-3H3,(H,19,20,21). The molecule has 0 aliphatic rings. The van der Waals surface area contributed by atoms with Gasteiger partial charge in [0.05, 0.1) is 17.0 Å². The first-order valence-corrected chi connectivity index (χ1v) is 6.94. The van der Waals surface area contributed by atoms with Gasteiger partial charge in [-0.3, -0.25) is 9.59 Å². The molecular formula is C14H16ClF3N2O3. The van der Waals surface area contributed by atoms with Crippen LogP contribution in [0.25, 0.3) is 0 Å². The molecule has 0 bridgehead atoms. The molecule has 1 amide bonds. The van der Waals surface area contributed by atoms with Crippen LogP contribution in [0.5, 0.6) is 0 Å². The van der Waals surface area contributed by atoms with E-state index in [1.54, 1.807) is 0 Å². The molecule has 5 nitrogen and oxygen atoms in total. The van der Waals surface area contributed by atoms with Gasteiger partial charge in [-0.2, -0.15) is 13.2 Å². The normalized spacial score (nSPS) is 12.0. The lowest BCUT2D eigenvalue weighted by atomic mass is 9.93. The van der Waals surface area contributed by atoms with Crippen LogP contribution in [0, 0.1) is 5.41 Å². The number of amides is 1. The molecule has 0 aliphatic carbocycles. The van der Waals surface area contributed by atoms with E-state index in [9.17, 15) is 22.8 Å². The molecule has 128 valence electrons. The molecule has 0 saturated heterocycles. The summed E-state index contributed by atoms with van der Waals surface area (Å²) in [5.41, 5.74) is -1.32. The summed E-state index contributed by atoms with van der Waals surface area (Å²) in [5, 5.41) is 1.81. The van der Waals surface area contributed by atoms with Gasteiger partial charge in [0.2, 0.25) is 0 Å². The zero-order valence-electron chi connectivity index (χ0n) is 12.8. The number of carbonyl (C=O) groups is 2. The van der Waals surface area contributed by atoms with E-state index in [1.165, 1.54) is 0 Å². The third-order valence-corrected chi connectivity index (χ3v) is 2.75.